The van der Waals surface area contributed by atoms with Crippen LogP contribution in [-0.2, 0) is 4.79 Å². The average molecular weight is 114 g/mol. The van der Waals surface area contributed by atoms with Crippen molar-refractivity contribution in [3.05, 3.63) is 0 Å². The van der Waals surface area contributed by atoms with Crippen LogP contribution in [-0.4, -0.2) is 18.9 Å². The minimum absolute atomic E-state index is 0.475. The lowest BCUT2D eigenvalue weighted by Crippen LogP contribution is -2.23. The van der Waals surface area contributed by atoms with Crippen LogP contribution in [0.5, 0.6) is 0 Å². The lowest BCUT2D eigenvalue weighted by atomic mass is 10.4. The van der Waals surface area contributed by atoms with Gasteiger partial charge in [-0.2, -0.15) is 0 Å². The molecule has 8 heavy (non-hydrogen) atoms. The highest BCUT2D eigenvalue weighted by Crippen LogP contribution is 1.75. The second-order valence-electron chi connectivity index (χ2n) is 2.00. The summed E-state index contributed by atoms with van der Waals surface area (Å²) in [5, 5.41) is 3.08. The molecule has 0 aliphatic carbocycles. The summed E-state index contributed by atoms with van der Waals surface area (Å²) in [6, 6.07) is 0.475. The third kappa shape index (κ3) is 5.63. The molecule has 0 saturated heterocycles. The smallest absolute Gasteiger partial charge is 0.199 e. The van der Waals surface area contributed by atoms with Crippen LogP contribution in [0.3, 0.4) is 0 Å². The molecule has 0 aromatic carbocycles. The van der Waals surface area contributed by atoms with E-state index in [9.17, 15) is 4.79 Å². The molecule has 2 heteroatoms. The SMILES string of the molecule is CC(C)NCC[C]=O. The van der Waals surface area contributed by atoms with E-state index < -0.39 is 0 Å². The number of hydrogen-bond donors (Lipinski definition) is 1. The molecular formula is C6H12NO. The summed E-state index contributed by atoms with van der Waals surface area (Å²) in [6.07, 6.45) is 2.31. The zero-order chi connectivity index (χ0) is 6.41. The van der Waals surface area contributed by atoms with Crippen LogP contribution < -0.4 is 5.32 Å². The van der Waals surface area contributed by atoms with Crippen LogP contribution in [0.1, 0.15) is 20.3 Å². The van der Waals surface area contributed by atoms with Crippen LogP contribution in [0.15, 0.2) is 0 Å². The molecule has 0 unspecified atom stereocenters. The predicted octanol–water partition coefficient (Wildman–Crippen LogP) is 0.484. The van der Waals surface area contributed by atoms with Gasteiger partial charge in [-0.25, -0.2) is 0 Å². The van der Waals surface area contributed by atoms with E-state index in [4.69, 9.17) is 0 Å². The summed E-state index contributed by atoms with van der Waals surface area (Å²) in [4.78, 5) is 9.62. The summed E-state index contributed by atoms with van der Waals surface area (Å²) in [6.45, 7) is 4.84. The monoisotopic (exact) mass is 114 g/mol. The van der Waals surface area contributed by atoms with Gasteiger partial charge in [0.2, 0.25) is 0 Å². The van der Waals surface area contributed by atoms with Gasteiger partial charge in [0.15, 0.2) is 6.29 Å². The lowest BCUT2D eigenvalue weighted by Gasteiger charge is -2.02. The van der Waals surface area contributed by atoms with Crippen molar-refractivity contribution in [3.8, 4) is 0 Å². The van der Waals surface area contributed by atoms with Crippen LogP contribution in [0, 0.1) is 0 Å². The minimum Gasteiger partial charge on any atom is -0.314 e. The van der Waals surface area contributed by atoms with Crippen LogP contribution in [0.25, 0.3) is 0 Å². The van der Waals surface area contributed by atoms with Gasteiger partial charge >= 0.3 is 0 Å². The highest BCUT2D eigenvalue weighted by molar-refractivity contribution is 5.50. The highest BCUT2D eigenvalue weighted by Gasteiger charge is 1.88. The summed E-state index contributed by atoms with van der Waals surface area (Å²) in [7, 11) is 0. The molecule has 47 valence electrons. The molecule has 0 atom stereocenters. The molecular weight excluding hydrogens is 102 g/mol. The average Bonchev–Trinajstić information content (AvgIpc) is 1.66. The zero-order valence-electron chi connectivity index (χ0n) is 5.40. The molecule has 0 heterocycles. The maximum atomic E-state index is 9.62. The van der Waals surface area contributed by atoms with Crippen molar-refractivity contribution in [2.45, 2.75) is 26.3 Å². The molecule has 0 saturated carbocycles. The van der Waals surface area contributed by atoms with Crippen molar-refractivity contribution in [1.29, 1.82) is 0 Å². The third-order valence-corrected chi connectivity index (χ3v) is 0.780. The van der Waals surface area contributed by atoms with Gasteiger partial charge in [0, 0.05) is 19.0 Å². The standard InChI is InChI=1S/C6H12NO/c1-6(2)7-4-3-5-8/h6-7H,3-4H2,1-2H3. The Balaban J connectivity index is 2.81. The summed E-state index contributed by atoms with van der Waals surface area (Å²) >= 11 is 0. The van der Waals surface area contributed by atoms with Crippen LogP contribution >= 0.6 is 0 Å². The van der Waals surface area contributed by atoms with Crippen molar-refractivity contribution in [3.63, 3.8) is 0 Å². The Labute approximate surface area is 50.3 Å². The van der Waals surface area contributed by atoms with Crippen molar-refractivity contribution >= 4 is 6.29 Å². The van der Waals surface area contributed by atoms with E-state index in [1.807, 2.05) is 20.1 Å². The first-order valence-electron chi connectivity index (χ1n) is 2.85. The maximum Gasteiger partial charge on any atom is 0.199 e. The fourth-order valence-corrected chi connectivity index (χ4v) is 0.412. The predicted molar refractivity (Wildman–Crippen MR) is 33.4 cm³/mol. The number of hydrogen-bond acceptors (Lipinski definition) is 2. The van der Waals surface area contributed by atoms with Gasteiger partial charge in [0.05, 0.1) is 0 Å². The van der Waals surface area contributed by atoms with Gasteiger partial charge in [-0.1, -0.05) is 13.8 Å². The molecule has 0 amide bonds. The van der Waals surface area contributed by atoms with E-state index in [-0.39, 0.29) is 0 Å². The quantitative estimate of drug-likeness (QED) is 0.539. The molecule has 0 aliphatic heterocycles. The van der Waals surface area contributed by atoms with E-state index in [0.717, 1.165) is 6.54 Å². The second-order valence-corrected chi connectivity index (χ2v) is 2.00. The summed E-state index contributed by atoms with van der Waals surface area (Å²) in [5.74, 6) is 0. The first kappa shape index (κ1) is 7.63. The Morgan fingerprint density at radius 3 is 2.62 bits per heavy atom. The molecule has 2 nitrogen and oxygen atoms in total. The van der Waals surface area contributed by atoms with Gasteiger partial charge in [0.1, 0.15) is 0 Å². The van der Waals surface area contributed by atoms with Crippen molar-refractivity contribution in [2.24, 2.45) is 0 Å². The molecule has 0 aliphatic rings. The second kappa shape index (κ2) is 4.78. The molecule has 0 rings (SSSR count). The van der Waals surface area contributed by atoms with Gasteiger partial charge in [-0.15, -0.1) is 0 Å². The first-order chi connectivity index (χ1) is 3.77. The van der Waals surface area contributed by atoms with Gasteiger partial charge < -0.3 is 5.32 Å². The molecule has 0 aromatic heterocycles. The number of rotatable bonds is 4. The van der Waals surface area contributed by atoms with Gasteiger partial charge in [-0.05, 0) is 0 Å². The molecule has 0 bridgehead atoms. The van der Waals surface area contributed by atoms with Crippen molar-refractivity contribution < 1.29 is 4.79 Å². The van der Waals surface area contributed by atoms with Gasteiger partial charge in [-0.3, -0.25) is 4.79 Å². The number of carbonyl (C=O) groups excluding carboxylic acids is 1. The molecule has 0 aromatic rings. The Bertz CT molecular complexity index is 61.5. The molecule has 1 N–H and O–H groups in total. The van der Waals surface area contributed by atoms with Crippen molar-refractivity contribution in [2.75, 3.05) is 6.54 Å². The normalized spacial score (nSPS) is 9.88. The lowest BCUT2D eigenvalue weighted by molar-refractivity contribution is 0.538. The van der Waals surface area contributed by atoms with Crippen molar-refractivity contribution in [1.82, 2.24) is 5.32 Å². The molecule has 0 spiro atoms. The van der Waals surface area contributed by atoms with E-state index in [1.54, 1.807) is 0 Å². The number of nitrogens with one attached hydrogen (secondary N) is 1. The van der Waals surface area contributed by atoms with Gasteiger partial charge in [0.25, 0.3) is 0 Å². The largest absolute Gasteiger partial charge is 0.314 e. The zero-order valence-corrected chi connectivity index (χ0v) is 5.40. The van der Waals surface area contributed by atoms with E-state index in [0.29, 0.717) is 12.5 Å². The van der Waals surface area contributed by atoms with Crippen LogP contribution in [0.4, 0.5) is 0 Å². The summed E-state index contributed by atoms with van der Waals surface area (Å²) < 4.78 is 0. The topological polar surface area (TPSA) is 29.1 Å². The maximum absolute atomic E-state index is 9.62. The first-order valence-corrected chi connectivity index (χ1v) is 2.85. The molecule has 0 fully saturated rings. The Kier molecular flexibility index (Phi) is 4.56. The minimum atomic E-state index is 0.475. The van der Waals surface area contributed by atoms with E-state index in [2.05, 4.69) is 5.32 Å². The van der Waals surface area contributed by atoms with Crippen LogP contribution in [0.2, 0.25) is 0 Å². The third-order valence-electron chi connectivity index (χ3n) is 0.780. The fourth-order valence-electron chi connectivity index (χ4n) is 0.412. The Morgan fingerprint density at radius 1 is 1.62 bits per heavy atom. The Morgan fingerprint density at radius 2 is 2.25 bits per heavy atom. The molecule has 1 radical (unpaired) electrons. The van der Waals surface area contributed by atoms with E-state index in [1.165, 1.54) is 0 Å². The Hall–Kier alpha value is -0.370. The van der Waals surface area contributed by atoms with E-state index >= 15 is 0 Å². The fraction of sp³-hybridized carbons (Fsp3) is 0.833. The highest BCUT2D eigenvalue weighted by atomic mass is 16.1. The summed E-state index contributed by atoms with van der Waals surface area (Å²) in [5.41, 5.74) is 0.